The van der Waals surface area contributed by atoms with Crippen molar-refractivity contribution in [3.05, 3.63) is 64.0 Å². The molecule has 2 aromatic heterocycles. The van der Waals surface area contributed by atoms with Crippen LogP contribution in [0.2, 0.25) is 0 Å². The minimum atomic E-state index is -0.124. The fraction of sp³-hybridized carbons (Fsp3) is 0.188. The maximum Gasteiger partial charge on any atom is 0.231 e. The van der Waals surface area contributed by atoms with Gasteiger partial charge in [-0.25, -0.2) is 0 Å². The second-order valence-electron chi connectivity index (χ2n) is 5.02. The number of amides is 1. The zero-order valence-corrected chi connectivity index (χ0v) is 14.2. The molecule has 0 saturated carbocycles. The van der Waals surface area contributed by atoms with Crippen molar-refractivity contribution in [2.45, 2.75) is 18.0 Å². The normalized spacial score (nSPS) is 12.0. The number of thiophene rings is 1. The van der Waals surface area contributed by atoms with Gasteiger partial charge in [0.15, 0.2) is 0 Å². The summed E-state index contributed by atoms with van der Waals surface area (Å²) in [5.74, 6) is 0.275. The van der Waals surface area contributed by atoms with Gasteiger partial charge in [-0.3, -0.25) is 4.79 Å². The zero-order valence-electron chi connectivity index (χ0n) is 12.5. The first kappa shape index (κ1) is 15.8. The molecule has 23 heavy (non-hydrogen) atoms. The average Bonchev–Trinajstić information content (AvgIpc) is 3.25. The second kappa shape index (κ2) is 7.43. The Hall–Kier alpha value is -2.12. The highest BCUT2D eigenvalue weighted by Gasteiger charge is 2.18. The van der Waals surface area contributed by atoms with E-state index in [1.165, 1.54) is 17.3 Å². The minimum absolute atomic E-state index is 0.0306. The Morgan fingerprint density at radius 2 is 2.17 bits per heavy atom. The van der Waals surface area contributed by atoms with E-state index in [9.17, 15) is 4.79 Å². The molecule has 1 aromatic carbocycles. The van der Waals surface area contributed by atoms with E-state index in [2.05, 4.69) is 51.9 Å². The van der Waals surface area contributed by atoms with Crippen LogP contribution in [-0.4, -0.2) is 27.1 Å². The third-order valence-electron chi connectivity index (χ3n) is 3.29. The standard InChI is InChI=1S/C16H16N4OS2/c1-11-4-6-12(7-5-11)16(13-3-2-8-22-13)18-14(21)10-23-15-9-17-20-19-15/h2-9,16H,10H2,1H3,(H,18,21)(H,17,19,20). The molecule has 2 N–H and O–H groups in total. The lowest BCUT2D eigenvalue weighted by Crippen LogP contribution is -2.30. The van der Waals surface area contributed by atoms with Crippen LogP contribution in [0.3, 0.4) is 0 Å². The summed E-state index contributed by atoms with van der Waals surface area (Å²) in [7, 11) is 0. The molecule has 0 fully saturated rings. The summed E-state index contributed by atoms with van der Waals surface area (Å²) in [6, 6.07) is 12.2. The van der Waals surface area contributed by atoms with E-state index in [0.717, 1.165) is 10.4 Å². The van der Waals surface area contributed by atoms with Crippen LogP contribution in [0.4, 0.5) is 0 Å². The summed E-state index contributed by atoms with van der Waals surface area (Å²) in [5, 5.41) is 16.0. The van der Waals surface area contributed by atoms with Gasteiger partial charge in [0.1, 0.15) is 5.03 Å². The first-order valence-electron chi connectivity index (χ1n) is 7.10. The Labute approximate surface area is 142 Å². The van der Waals surface area contributed by atoms with Gasteiger partial charge in [-0.2, -0.15) is 10.3 Å². The van der Waals surface area contributed by atoms with Gasteiger partial charge in [0.25, 0.3) is 0 Å². The summed E-state index contributed by atoms with van der Waals surface area (Å²) in [5.41, 5.74) is 2.28. The van der Waals surface area contributed by atoms with Gasteiger partial charge in [-0.15, -0.1) is 16.4 Å². The molecular weight excluding hydrogens is 328 g/mol. The van der Waals surface area contributed by atoms with E-state index in [1.807, 2.05) is 17.5 Å². The van der Waals surface area contributed by atoms with Crippen LogP contribution in [0.1, 0.15) is 22.0 Å². The molecule has 0 radical (unpaired) electrons. The number of carbonyl (C=O) groups excluding carboxylic acids is 1. The minimum Gasteiger partial charge on any atom is -0.344 e. The summed E-state index contributed by atoms with van der Waals surface area (Å²) >= 11 is 3.00. The average molecular weight is 344 g/mol. The maximum atomic E-state index is 12.3. The molecular formula is C16H16N4OS2. The lowest BCUT2D eigenvalue weighted by Gasteiger charge is -2.18. The molecule has 1 atom stereocenters. The van der Waals surface area contributed by atoms with Gasteiger partial charge in [-0.05, 0) is 23.9 Å². The number of rotatable bonds is 6. The van der Waals surface area contributed by atoms with Crippen molar-refractivity contribution in [2.75, 3.05) is 5.75 Å². The predicted molar refractivity (Wildman–Crippen MR) is 92.6 cm³/mol. The van der Waals surface area contributed by atoms with E-state index in [-0.39, 0.29) is 11.9 Å². The molecule has 0 bridgehead atoms. The molecule has 3 rings (SSSR count). The van der Waals surface area contributed by atoms with E-state index in [1.54, 1.807) is 17.5 Å². The van der Waals surface area contributed by atoms with Gasteiger partial charge in [0, 0.05) is 4.88 Å². The number of nitrogens with one attached hydrogen (secondary N) is 2. The maximum absolute atomic E-state index is 12.3. The Balaban J connectivity index is 1.71. The van der Waals surface area contributed by atoms with E-state index < -0.39 is 0 Å². The SMILES string of the molecule is Cc1ccc(C(NC(=O)CSc2cn[nH]n2)c2cccs2)cc1. The molecule has 0 aliphatic carbocycles. The summed E-state index contributed by atoms with van der Waals surface area (Å²) < 4.78 is 0. The van der Waals surface area contributed by atoms with Crippen molar-refractivity contribution >= 4 is 29.0 Å². The van der Waals surface area contributed by atoms with Crippen LogP contribution in [0, 0.1) is 6.92 Å². The number of aromatic amines is 1. The molecule has 0 spiro atoms. The van der Waals surface area contributed by atoms with Crippen LogP contribution >= 0.6 is 23.1 Å². The van der Waals surface area contributed by atoms with Crippen LogP contribution in [0.5, 0.6) is 0 Å². The van der Waals surface area contributed by atoms with Gasteiger partial charge in [-0.1, -0.05) is 47.7 Å². The van der Waals surface area contributed by atoms with Gasteiger partial charge < -0.3 is 5.32 Å². The second-order valence-corrected chi connectivity index (χ2v) is 7.00. The van der Waals surface area contributed by atoms with E-state index in [0.29, 0.717) is 10.8 Å². The fourth-order valence-corrected chi connectivity index (χ4v) is 3.53. The van der Waals surface area contributed by atoms with Crippen molar-refractivity contribution < 1.29 is 4.79 Å². The number of hydrogen-bond donors (Lipinski definition) is 2. The molecule has 118 valence electrons. The topological polar surface area (TPSA) is 70.7 Å². The molecule has 1 amide bonds. The Morgan fingerprint density at radius 3 is 2.83 bits per heavy atom. The number of H-pyrrole nitrogens is 1. The van der Waals surface area contributed by atoms with Crippen molar-refractivity contribution in [2.24, 2.45) is 0 Å². The molecule has 3 aromatic rings. The fourth-order valence-electron chi connectivity index (χ4n) is 2.14. The first-order chi connectivity index (χ1) is 11.2. The highest BCUT2D eigenvalue weighted by molar-refractivity contribution is 7.99. The third-order valence-corrected chi connectivity index (χ3v) is 5.12. The number of benzene rings is 1. The Morgan fingerprint density at radius 1 is 1.35 bits per heavy atom. The largest absolute Gasteiger partial charge is 0.344 e. The number of carbonyl (C=O) groups is 1. The highest BCUT2D eigenvalue weighted by Crippen LogP contribution is 2.26. The molecule has 0 saturated heterocycles. The Bertz CT molecular complexity index is 739. The third kappa shape index (κ3) is 4.20. The van der Waals surface area contributed by atoms with Crippen molar-refractivity contribution in [3.8, 4) is 0 Å². The predicted octanol–water partition coefficient (Wildman–Crippen LogP) is 3.17. The monoisotopic (exact) mass is 344 g/mol. The lowest BCUT2D eigenvalue weighted by atomic mass is 10.0. The zero-order chi connectivity index (χ0) is 16.1. The van der Waals surface area contributed by atoms with Gasteiger partial charge >= 0.3 is 0 Å². The van der Waals surface area contributed by atoms with Crippen LogP contribution in [-0.2, 0) is 4.79 Å². The highest BCUT2D eigenvalue weighted by atomic mass is 32.2. The van der Waals surface area contributed by atoms with Crippen molar-refractivity contribution in [1.82, 2.24) is 20.7 Å². The molecule has 0 aliphatic heterocycles. The lowest BCUT2D eigenvalue weighted by molar-refractivity contribution is -0.119. The number of nitrogens with zero attached hydrogens (tertiary/aromatic N) is 2. The van der Waals surface area contributed by atoms with Gasteiger partial charge in [0.2, 0.25) is 5.91 Å². The molecule has 7 heteroatoms. The van der Waals surface area contributed by atoms with Crippen molar-refractivity contribution in [1.29, 1.82) is 0 Å². The Kier molecular flexibility index (Phi) is 5.09. The van der Waals surface area contributed by atoms with E-state index in [4.69, 9.17) is 0 Å². The van der Waals surface area contributed by atoms with Crippen LogP contribution < -0.4 is 5.32 Å². The smallest absolute Gasteiger partial charge is 0.231 e. The molecule has 2 heterocycles. The quantitative estimate of drug-likeness (QED) is 0.674. The van der Waals surface area contributed by atoms with Crippen LogP contribution in [0.15, 0.2) is 53.0 Å². The van der Waals surface area contributed by atoms with Crippen LogP contribution in [0.25, 0.3) is 0 Å². The summed E-state index contributed by atoms with van der Waals surface area (Å²) in [6.07, 6.45) is 1.61. The number of thioether (sulfide) groups is 1. The first-order valence-corrected chi connectivity index (χ1v) is 8.97. The molecule has 5 nitrogen and oxygen atoms in total. The summed E-state index contributed by atoms with van der Waals surface area (Å²) in [4.78, 5) is 13.4. The van der Waals surface area contributed by atoms with E-state index >= 15 is 0 Å². The number of hydrogen-bond acceptors (Lipinski definition) is 5. The molecule has 0 aliphatic rings. The van der Waals surface area contributed by atoms with Crippen molar-refractivity contribution in [3.63, 3.8) is 0 Å². The number of aryl methyl sites for hydroxylation is 1. The molecule has 1 unspecified atom stereocenters. The number of aromatic nitrogens is 3. The van der Waals surface area contributed by atoms with Gasteiger partial charge in [0.05, 0.1) is 18.0 Å². The summed E-state index contributed by atoms with van der Waals surface area (Å²) in [6.45, 7) is 2.05.